The first-order chi connectivity index (χ1) is 9.93. The molecule has 0 spiro atoms. The lowest BCUT2D eigenvalue weighted by Gasteiger charge is -2.33. The molecule has 3 N–H and O–H groups in total. The number of rotatable bonds is 3. The summed E-state index contributed by atoms with van der Waals surface area (Å²) < 4.78 is 6.11. The van der Waals surface area contributed by atoms with E-state index in [1.807, 2.05) is 13.0 Å². The number of carbonyl (C=O) groups is 2. The fraction of sp³-hybridized carbons (Fsp3) is 0.429. The molecular weight excluding hydrogens is 340 g/mol. The maximum absolute atomic E-state index is 12.0. The van der Waals surface area contributed by atoms with Crippen LogP contribution < -0.4 is 10.6 Å². The summed E-state index contributed by atoms with van der Waals surface area (Å²) in [5.41, 5.74) is 0.333. The van der Waals surface area contributed by atoms with Gasteiger partial charge in [0.05, 0.1) is 0 Å². The Morgan fingerprint density at radius 3 is 2.57 bits per heavy atom. The molecule has 1 aliphatic heterocycles. The Hall–Kier alpha value is -1.60. The maximum Gasteiger partial charge on any atom is 0.329 e. The van der Waals surface area contributed by atoms with E-state index in [0.717, 1.165) is 10.0 Å². The van der Waals surface area contributed by atoms with Crippen molar-refractivity contribution in [1.82, 2.24) is 5.32 Å². The molecule has 1 heterocycles. The van der Waals surface area contributed by atoms with Crippen LogP contribution in [0.1, 0.15) is 18.4 Å². The quantitative estimate of drug-likeness (QED) is 0.776. The topological polar surface area (TPSA) is 87.7 Å². The standard InChI is InChI=1S/C14H17BrN2O4/c1-9-8-10(2-3-11(9)15)16-13(20)17-14(12(18)19)4-6-21-7-5-14/h2-3,8H,4-7H2,1H3,(H,18,19)(H2,16,17,20). The zero-order valence-electron chi connectivity index (χ0n) is 11.6. The van der Waals surface area contributed by atoms with Gasteiger partial charge in [0.1, 0.15) is 5.54 Å². The first kappa shape index (κ1) is 15.8. The van der Waals surface area contributed by atoms with E-state index in [0.29, 0.717) is 18.9 Å². The Labute approximate surface area is 131 Å². The Morgan fingerprint density at radius 2 is 2.00 bits per heavy atom. The summed E-state index contributed by atoms with van der Waals surface area (Å²) >= 11 is 3.38. The number of carboxylic acids is 1. The minimum Gasteiger partial charge on any atom is -0.480 e. The van der Waals surface area contributed by atoms with Gasteiger partial charge in [0, 0.05) is 36.2 Å². The monoisotopic (exact) mass is 356 g/mol. The lowest BCUT2D eigenvalue weighted by molar-refractivity contribution is -0.148. The van der Waals surface area contributed by atoms with Gasteiger partial charge in [0.15, 0.2) is 0 Å². The number of urea groups is 1. The van der Waals surface area contributed by atoms with Gasteiger partial charge in [-0.3, -0.25) is 0 Å². The SMILES string of the molecule is Cc1cc(NC(=O)NC2(C(=O)O)CCOCC2)ccc1Br. The highest BCUT2D eigenvalue weighted by atomic mass is 79.9. The summed E-state index contributed by atoms with van der Waals surface area (Å²) in [7, 11) is 0. The molecule has 7 heteroatoms. The molecule has 2 rings (SSSR count). The summed E-state index contributed by atoms with van der Waals surface area (Å²) in [5.74, 6) is -1.03. The number of anilines is 1. The molecule has 1 aromatic carbocycles. The number of ether oxygens (including phenoxy) is 1. The Morgan fingerprint density at radius 1 is 1.33 bits per heavy atom. The largest absolute Gasteiger partial charge is 0.480 e. The second kappa shape index (κ2) is 6.44. The minimum atomic E-state index is -1.26. The molecule has 114 valence electrons. The molecule has 0 aromatic heterocycles. The fourth-order valence-electron chi connectivity index (χ4n) is 2.21. The molecular formula is C14H17BrN2O4. The normalized spacial score (nSPS) is 17.0. The third-order valence-corrected chi connectivity index (χ3v) is 4.41. The molecule has 1 fully saturated rings. The molecule has 0 atom stereocenters. The van der Waals surface area contributed by atoms with Crippen molar-refractivity contribution >= 4 is 33.6 Å². The van der Waals surface area contributed by atoms with Gasteiger partial charge in [-0.2, -0.15) is 0 Å². The van der Waals surface area contributed by atoms with E-state index in [1.165, 1.54) is 0 Å². The number of amides is 2. The molecule has 0 unspecified atom stereocenters. The van der Waals surface area contributed by atoms with Crippen LogP contribution in [0, 0.1) is 6.92 Å². The third kappa shape index (κ3) is 3.74. The molecule has 0 saturated carbocycles. The molecule has 0 radical (unpaired) electrons. The average Bonchev–Trinajstić information content (AvgIpc) is 2.43. The van der Waals surface area contributed by atoms with E-state index in [9.17, 15) is 14.7 Å². The molecule has 1 saturated heterocycles. The van der Waals surface area contributed by atoms with Gasteiger partial charge in [-0.1, -0.05) is 15.9 Å². The van der Waals surface area contributed by atoms with Crippen molar-refractivity contribution in [1.29, 1.82) is 0 Å². The second-order valence-electron chi connectivity index (χ2n) is 5.04. The van der Waals surface area contributed by atoms with E-state index in [1.54, 1.807) is 12.1 Å². The third-order valence-electron chi connectivity index (χ3n) is 3.52. The summed E-state index contributed by atoms with van der Waals surface area (Å²) in [6.45, 7) is 2.55. The molecule has 0 aliphatic carbocycles. The van der Waals surface area contributed by atoms with Gasteiger partial charge < -0.3 is 20.5 Å². The van der Waals surface area contributed by atoms with Crippen molar-refractivity contribution in [2.45, 2.75) is 25.3 Å². The van der Waals surface area contributed by atoms with Crippen LogP contribution in [0.4, 0.5) is 10.5 Å². The Bertz CT molecular complexity index is 556. The van der Waals surface area contributed by atoms with Crippen molar-refractivity contribution in [3.63, 3.8) is 0 Å². The van der Waals surface area contributed by atoms with Crippen LogP contribution in [0.5, 0.6) is 0 Å². The smallest absolute Gasteiger partial charge is 0.329 e. The number of carbonyl (C=O) groups excluding carboxylic acids is 1. The van der Waals surface area contributed by atoms with Gasteiger partial charge in [0.2, 0.25) is 0 Å². The Kier molecular flexibility index (Phi) is 4.84. The highest BCUT2D eigenvalue weighted by molar-refractivity contribution is 9.10. The van der Waals surface area contributed by atoms with Crippen LogP contribution in [0.25, 0.3) is 0 Å². The van der Waals surface area contributed by atoms with Gasteiger partial charge in [-0.15, -0.1) is 0 Å². The van der Waals surface area contributed by atoms with Crippen LogP contribution >= 0.6 is 15.9 Å². The van der Waals surface area contributed by atoms with Crippen LogP contribution in [0.15, 0.2) is 22.7 Å². The highest BCUT2D eigenvalue weighted by Crippen LogP contribution is 2.22. The molecule has 21 heavy (non-hydrogen) atoms. The molecule has 6 nitrogen and oxygen atoms in total. The fourth-order valence-corrected chi connectivity index (χ4v) is 2.46. The number of carboxylic acid groups (broad SMARTS) is 1. The zero-order chi connectivity index (χ0) is 15.5. The summed E-state index contributed by atoms with van der Waals surface area (Å²) in [6, 6.07) is 4.85. The number of halogens is 1. The first-order valence-corrected chi connectivity index (χ1v) is 7.39. The van der Waals surface area contributed by atoms with E-state index < -0.39 is 17.5 Å². The number of aliphatic carboxylic acids is 1. The van der Waals surface area contributed by atoms with E-state index >= 15 is 0 Å². The first-order valence-electron chi connectivity index (χ1n) is 6.59. The van der Waals surface area contributed by atoms with E-state index in [-0.39, 0.29) is 12.8 Å². The summed E-state index contributed by atoms with van der Waals surface area (Å²) in [5, 5.41) is 14.6. The lowest BCUT2D eigenvalue weighted by Crippen LogP contribution is -2.58. The van der Waals surface area contributed by atoms with Crippen LogP contribution in [0.3, 0.4) is 0 Å². The maximum atomic E-state index is 12.0. The number of hydrogen-bond acceptors (Lipinski definition) is 3. The van der Waals surface area contributed by atoms with Gasteiger partial charge in [-0.05, 0) is 30.7 Å². The van der Waals surface area contributed by atoms with Gasteiger partial charge in [0.25, 0.3) is 0 Å². The van der Waals surface area contributed by atoms with Crippen LogP contribution in [-0.2, 0) is 9.53 Å². The average molecular weight is 357 g/mol. The van der Waals surface area contributed by atoms with Crippen LogP contribution in [-0.4, -0.2) is 35.9 Å². The molecule has 1 aromatic rings. The van der Waals surface area contributed by atoms with Crippen molar-refractivity contribution < 1.29 is 19.4 Å². The minimum absolute atomic E-state index is 0.259. The van der Waals surface area contributed by atoms with E-state index in [2.05, 4.69) is 26.6 Å². The molecule has 2 amide bonds. The number of benzene rings is 1. The lowest BCUT2D eigenvalue weighted by atomic mass is 9.90. The number of aryl methyl sites for hydroxylation is 1. The molecule has 0 bridgehead atoms. The van der Waals surface area contributed by atoms with E-state index in [4.69, 9.17) is 4.74 Å². The van der Waals surface area contributed by atoms with Crippen LogP contribution in [0.2, 0.25) is 0 Å². The zero-order valence-corrected chi connectivity index (χ0v) is 13.2. The summed E-state index contributed by atoms with van der Waals surface area (Å²) in [4.78, 5) is 23.5. The van der Waals surface area contributed by atoms with Crippen molar-refractivity contribution in [2.24, 2.45) is 0 Å². The highest BCUT2D eigenvalue weighted by Gasteiger charge is 2.41. The van der Waals surface area contributed by atoms with Gasteiger partial charge >= 0.3 is 12.0 Å². The van der Waals surface area contributed by atoms with Crippen molar-refractivity contribution in [3.05, 3.63) is 28.2 Å². The van der Waals surface area contributed by atoms with Crippen molar-refractivity contribution in [2.75, 3.05) is 18.5 Å². The second-order valence-corrected chi connectivity index (χ2v) is 5.90. The summed E-state index contributed by atoms with van der Waals surface area (Å²) in [6.07, 6.45) is 0.518. The number of hydrogen-bond donors (Lipinski definition) is 3. The van der Waals surface area contributed by atoms with Crippen molar-refractivity contribution in [3.8, 4) is 0 Å². The predicted molar refractivity (Wildman–Crippen MR) is 81.5 cm³/mol. The van der Waals surface area contributed by atoms with Gasteiger partial charge in [-0.25, -0.2) is 9.59 Å². The predicted octanol–water partition coefficient (Wildman–Crippen LogP) is 2.51. The molecule has 1 aliphatic rings. The Balaban J connectivity index is 2.05. The number of nitrogens with one attached hydrogen (secondary N) is 2.